The van der Waals surface area contributed by atoms with Crippen molar-refractivity contribution in [2.45, 2.75) is 4.21 Å². The molecule has 0 atom stereocenters. The molecule has 0 saturated heterocycles. The average molecular weight is 415 g/mol. The molecule has 0 unspecified atom stereocenters. The van der Waals surface area contributed by atoms with E-state index in [1.807, 2.05) is 0 Å². The van der Waals surface area contributed by atoms with Crippen LogP contribution in [0.5, 0.6) is 0 Å². The average Bonchev–Trinajstić information content (AvgIpc) is 2.48. The molecule has 0 aliphatic heterocycles. The van der Waals surface area contributed by atoms with Gasteiger partial charge in [0.2, 0.25) is 0 Å². The quantitative estimate of drug-likeness (QED) is 0.727. The number of thiophene rings is 1. The first-order valence-corrected chi connectivity index (χ1v) is 8.00. The number of hydrogen-bond donors (Lipinski definition) is 2. The highest BCUT2D eigenvalue weighted by molar-refractivity contribution is 9.13. The molecule has 9 heteroatoms. The third kappa shape index (κ3) is 4.25. The van der Waals surface area contributed by atoms with Gasteiger partial charge in [0.25, 0.3) is 10.0 Å². The number of halogens is 3. The van der Waals surface area contributed by atoms with Gasteiger partial charge in [0, 0.05) is 22.9 Å². The van der Waals surface area contributed by atoms with E-state index in [-0.39, 0.29) is 12.4 Å². The fourth-order valence-corrected chi connectivity index (χ4v) is 5.01. The molecule has 94 valence electrons. The minimum Gasteiger partial charge on any atom is -0.318 e. The standard InChI is InChI=1S/C7H10Br2N2O2S2.ClH/c1-10-2-3-11-15(12,13)7-6(9)5(8)4-14-7;/h4,10-11H,2-3H2,1H3;1H. The molecule has 0 aromatic carbocycles. The first kappa shape index (κ1) is 16.8. The van der Waals surface area contributed by atoms with Gasteiger partial charge in [-0.3, -0.25) is 0 Å². The summed E-state index contributed by atoms with van der Waals surface area (Å²) < 4.78 is 27.6. The van der Waals surface area contributed by atoms with Crippen molar-refractivity contribution in [3.05, 3.63) is 14.3 Å². The molecule has 1 aromatic rings. The van der Waals surface area contributed by atoms with Crippen LogP contribution in [0.1, 0.15) is 0 Å². The first-order chi connectivity index (χ1) is 6.99. The lowest BCUT2D eigenvalue weighted by Gasteiger charge is -2.04. The lowest BCUT2D eigenvalue weighted by atomic mass is 10.7. The summed E-state index contributed by atoms with van der Waals surface area (Å²) in [5.74, 6) is 0. The topological polar surface area (TPSA) is 58.2 Å². The normalized spacial score (nSPS) is 11.2. The van der Waals surface area contributed by atoms with Crippen LogP contribution in [0.4, 0.5) is 0 Å². The van der Waals surface area contributed by atoms with E-state index in [9.17, 15) is 8.42 Å². The third-order valence-electron chi connectivity index (χ3n) is 1.57. The molecule has 0 saturated carbocycles. The lowest BCUT2D eigenvalue weighted by Crippen LogP contribution is -2.30. The second kappa shape index (κ2) is 7.30. The number of sulfonamides is 1. The van der Waals surface area contributed by atoms with E-state index in [2.05, 4.69) is 41.9 Å². The maximum absolute atomic E-state index is 11.8. The van der Waals surface area contributed by atoms with Crippen molar-refractivity contribution in [3.63, 3.8) is 0 Å². The zero-order valence-corrected chi connectivity index (χ0v) is 13.9. The maximum Gasteiger partial charge on any atom is 0.251 e. The van der Waals surface area contributed by atoms with Gasteiger partial charge in [-0.25, -0.2) is 13.1 Å². The van der Waals surface area contributed by atoms with E-state index in [1.54, 1.807) is 12.4 Å². The van der Waals surface area contributed by atoms with Gasteiger partial charge in [-0.1, -0.05) is 0 Å². The molecule has 0 amide bonds. The molecule has 0 bridgehead atoms. The molecule has 0 fully saturated rings. The molecule has 4 nitrogen and oxygen atoms in total. The summed E-state index contributed by atoms with van der Waals surface area (Å²) in [5.41, 5.74) is 0. The second-order valence-electron chi connectivity index (χ2n) is 2.69. The Labute approximate surface area is 122 Å². The number of likely N-dealkylation sites (N-methyl/N-ethyl adjacent to an activating group) is 1. The Morgan fingerprint density at radius 3 is 2.44 bits per heavy atom. The van der Waals surface area contributed by atoms with Crippen molar-refractivity contribution in [2.24, 2.45) is 0 Å². The number of hydrogen-bond acceptors (Lipinski definition) is 4. The summed E-state index contributed by atoms with van der Waals surface area (Å²) in [6, 6.07) is 0. The molecule has 0 aliphatic rings. The molecule has 1 heterocycles. The molecule has 1 rings (SSSR count). The second-order valence-corrected chi connectivity index (χ2v) is 7.18. The summed E-state index contributed by atoms with van der Waals surface area (Å²) in [5, 5.41) is 4.60. The van der Waals surface area contributed by atoms with Crippen LogP contribution in [0.3, 0.4) is 0 Å². The first-order valence-electron chi connectivity index (χ1n) is 4.06. The van der Waals surface area contributed by atoms with E-state index in [0.29, 0.717) is 21.8 Å². The van der Waals surface area contributed by atoms with Crippen LogP contribution in [-0.4, -0.2) is 28.6 Å². The molecular weight excluding hydrogens is 403 g/mol. The summed E-state index contributed by atoms with van der Waals surface area (Å²) in [7, 11) is -1.62. The Balaban J connectivity index is 0.00000225. The van der Waals surface area contributed by atoms with Crippen LogP contribution in [-0.2, 0) is 10.0 Å². The van der Waals surface area contributed by atoms with Gasteiger partial charge in [-0.05, 0) is 38.9 Å². The predicted octanol–water partition coefficient (Wildman–Crippen LogP) is 2.19. The molecule has 1 aromatic heterocycles. The highest BCUT2D eigenvalue weighted by Gasteiger charge is 2.20. The van der Waals surface area contributed by atoms with Gasteiger partial charge in [-0.2, -0.15) is 0 Å². The summed E-state index contributed by atoms with van der Waals surface area (Å²) in [6.07, 6.45) is 0. The van der Waals surface area contributed by atoms with Crippen molar-refractivity contribution < 1.29 is 8.42 Å². The monoisotopic (exact) mass is 412 g/mol. The highest BCUT2D eigenvalue weighted by Crippen LogP contribution is 2.35. The number of rotatable bonds is 5. The maximum atomic E-state index is 11.8. The van der Waals surface area contributed by atoms with E-state index >= 15 is 0 Å². The van der Waals surface area contributed by atoms with Gasteiger partial charge in [-0.15, -0.1) is 23.7 Å². The fraction of sp³-hybridized carbons (Fsp3) is 0.429. The molecule has 2 N–H and O–H groups in total. The molecule has 0 aliphatic carbocycles. The summed E-state index contributed by atoms with van der Waals surface area (Å²) in [6.45, 7) is 0.976. The van der Waals surface area contributed by atoms with Crippen LogP contribution in [0.25, 0.3) is 0 Å². The van der Waals surface area contributed by atoms with Crippen LogP contribution in [0, 0.1) is 0 Å². The smallest absolute Gasteiger partial charge is 0.251 e. The Hall–Kier alpha value is 0.820. The van der Waals surface area contributed by atoms with E-state index in [1.165, 1.54) is 11.3 Å². The number of nitrogens with one attached hydrogen (secondary N) is 2. The molecule has 16 heavy (non-hydrogen) atoms. The Morgan fingerprint density at radius 1 is 1.38 bits per heavy atom. The van der Waals surface area contributed by atoms with Crippen molar-refractivity contribution >= 4 is 65.6 Å². The summed E-state index contributed by atoms with van der Waals surface area (Å²) in [4.78, 5) is 0. The zero-order valence-electron chi connectivity index (χ0n) is 8.29. The van der Waals surface area contributed by atoms with Crippen LogP contribution in [0.15, 0.2) is 18.5 Å². The van der Waals surface area contributed by atoms with Crippen LogP contribution in [0.2, 0.25) is 0 Å². The van der Waals surface area contributed by atoms with Gasteiger partial charge in [0.05, 0.1) is 4.47 Å². The zero-order chi connectivity index (χ0) is 11.5. The van der Waals surface area contributed by atoms with E-state index in [0.717, 1.165) is 4.47 Å². The minimum atomic E-state index is -3.39. The van der Waals surface area contributed by atoms with E-state index in [4.69, 9.17) is 0 Å². The van der Waals surface area contributed by atoms with Crippen LogP contribution < -0.4 is 10.0 Å². The minimum absolute atomic E-state index is 0. The van der Waals surface area contributed by atoms with Crippen molar-refractivity contribution in [1.82, 2.24) is 10.0 Å². The van der Waals surface area contributed by atoms with Crippen molar-refractivity contribution in [2.75, 3.05) is 20.1 Å². The largest absolute Gasteiger partial charge is 0.318 e. The Bertz CT molecular complexity index is 436. The predicted molar refractivity (Wildman–Crippen MR) is 76.1 cm³/mol. The molecule has 0 radical (unpaired) electrons. The lowest BCUT2D eigenvalue weighted by molar-refractivity contribution is 0.581. The van der Waals surface area contributed by atoms with Gasteiger partial charge in [0.1, 0.15) is 4.21 Å². The highest BCUT2D eigenvalue weighted by atomic mass is 79.9. The van der Waals surface area contributed by atoms with Crippen molar-refractivity contribution in [3.8, 4) is 0 Å². The molecule has 0 spiro atoms. The third-order valence-corrected chi connectivity index (χ3v) is 7.37. The van der Waals surface area contributed by atoms with Crippen LogP contribution >= 0.6 is 55.6 Å². The van der Waals surface area contributed by atoms with Gasteiger partial charge >= 0.3 is 0 Å². The Kier molecular flexibility index (Phi) is 7.67. The molecular formula is C7H11Br2ClN2O2S2. The van der Waals surface area contributed by atoms with Crippen molar-refractivity contribution in [1.29, 1.82) is 0 Å². The SMILES string of the molecule is CNCCNS(=O)(=O)c1scc(Br)c1Br.Cl. The van der Waals surface area contributed by atoms with E-state index < -0.39 is 10.0 Å². The fourth-order valence-electron chi connectivity index (χ4n) is 0.863. The Morgan fingerprint density at radius 2 is 2.00 bits per heavy atom. The summed E-state index contributed by atoms with van der Waals surface area (Å²) >= 11 is 7.65. The van der Waals surface area contributed by atoms with Gasteiger partial charge in [0.15, 0.2) is 0 Å². The van der Waals surface area contributed by atoms with Gasteiger partial charge < -0.3 is 5.32 Å².